The van der Waals surface area contributed by atoms with Crippen LogP contribution in [-0.2, 0) is 0 Å². The Morgan fingerprint density at radius 1 is 1.43 bits per heavy atom. The van der Waals surface area contributed by atoms with E-state index in [-0.39, 0.29) is 12.1 Å². The molecule has 0 saturated carbocycles. The number of hydrogen-bond acceptors (Lipinski definition) is 2. The van der Waals surface area contributed by atoms with E-state index in [9.17, 15) is 4.79 Å². The van der Waals surface area contributed by atoms with Crippen molar-refractivity contribution in [1.82, 2.24) is 10.6 Å². The van der Waals surface area contributed by atoms with E-state index in [1.165, 1.54) is 0 Å². The minimum atomic E-state index is -0.124. The molecule has 1 heterocycles. The number of para-hydroxylation sites is 1. The molecule has 0 aliphatic carbocycles. The van der Waals surface area contributed by atoms with Gasteiger partial charge in [-0.2, -0.15) is 0 Å². The molecule has 74 valence electrons. The number of amides is 2. The van der Waals surface area contributed by atoms with Crippen LogP contribution in [0.25, 0.3) is 0 Å². The van der Waals surface area contributed by atoms with E-state index in [2.05, 4.69) is 10.6 Å². The van der Waals surface area contributed by atoms with Crippen molar-refractivity contribution in [3.05, 3.63) is 29.8 Å². The molecule has 1 aromatic carbocycles. The van der Waals surface area contributed by atoms with Crippen LogP contribution in [0.1, 0.15) is 11.6 Å². The van der Waals surface area contributed by atoms with Crippen LogP contribution < -0.4 is 15.4 Å². The van der Waals surface area contributed by atoms with Gasteiger partial charge >= 0.3 is 6.03 Å². The molecule has 2 N–H and O–H groups in total. The molecule has 0 spiro atoms. The van der Waals surface area contributed by atoms with E-state index in [1.807, 2.05) is 24.3 Å². The predicted octanol–water partition coefficient (Wildman–Crippen LogP) is 1.05. The van der Waals surface area contributed by atoms with Crippen molar-refractivity contribution in [2.45, 2.75) is 6.04 Å². The molecule has 1 fully saturated rings. The third kappa shape index (κ3) is 1.51. The molecule has 0 bridgehead atoms. The number of carbonyl (C=O) groups is 1. The zero-order valence-corrected chi connectivity index (χ0v) is 7.91. The molecule has 4 nitrogen and oxygen atoms in total. The Morgan fingerprint density at radius 3 is 2.86 bits per heavy atom. The van der Waals surface area contributed by atoms with Crippen LogP contribution in [0, 0.1) is 0 Å². The second-order valence-corrected chi connectivity index (χ2v) is 3.15. The summed E-state index contributed by atoms with van der Waals surface area (Å²) in [6.07, 6.45) is 0. The topological polar surface area (TPSA) is 50.4 Å². The lowest BCUT2D eigenvalue weighted by Gasteiger charge is -2.12. The predicted molar refractivity (Wildman–Crippen MR) is 52.3 cm³/mol. The lowest BCUT2D eigenvalue weighted by Crippen LogP contribution is -2.21. The minimum Gasteiger partial charge on any atom is -0.496 e. The van der Waals surface area contributed by atoms with Crippen LogP contribution >= 0.6 is 0 Å². The number of urea groups is 1. The van der Waals surface area contributed by atoms with Crippen molar-refractivity contribution in [2.75, 3.05) is 13.7 Å². The summed E-state index contributed by atoms with van der Waals surface area (Å²) < 4.78 is 5.21. The van der Waals surface area contributed by atoms with E-state index in [4.69, 9.17) is 4.74 Å². The van der Waals surface area contributed by atoms with E-state index >= 15 is 0 Å². The molecule has 1 aliphatic rings. The van der Waals surface area contributed by atoms with E-state index in [0.29, 0.717) is 6.54 Å². The molecule has 1 aromatic rings. The van der Waals surface area contributed by atoms with Crippen molar-refractivity contribution in [3.8, 4) is 5.75 Å². The van der Waals surface area contributed by atoms with Crippen LogP contribution in [0.4, 0.5) is 4.79 Å². The number of rotatable bonds is 2. The maximum absolute atomic E-state index is 11.0. The number of ether oxygens (including phenoxy) is 1. The highest BCUT2D eigenvalue weighted by molar-refractivity contribution is 5.77. The fourth-order valence-electron chi connectivity index (χ4n) is 1.60. The van der Waals surface area contributed by atoms with Crippen LogP contribution in [-0.4, -0.2) is 19.7 Å². The van der Waals surface area contributed by atoms with Gasteiger partial charge in [0.1, 0.15) is 5.75 Å². The highest BCUT2D eigenvalue weighted by Gasteiger charge is 2.23. The van der Waals surface area contributed by atoms with Gasteiger partial charge in [0.15, 0.2) is 0 Å². The normalized spacial score (nSPS) is 20.1. The van der Waals surface area contributed by atoms with Gasteiger partial charge in [0.2, 0.25) is 0 Å². The number of benzene rings is 1. The molecule has 1 atom stereocenters. The first-order valence-corrected chi connectivity index (χ1v) is 4.48. The number of carbonyl (C=O) groups excluding carboxylic acids is 1. The molecule has 1 aliphatic heterocycles. The summed E-state index contributed by atoms with van der Waals surface area (Å²) in [5, 5.41) is 5.53. The maximum Gasteiger partial charge on any atom is 0.315 e. The van der Waals surface area contributed by atoms with E-state index in [0.717, 1.165) is 11.3 Å². The lowest BCUT2D eigenvalue weighted by atomic mass is 10.1. The van der Waals surface area contributed by atoms with Crippen LogP contribution in [0.5, 0.6) is 5.75 Å². The molecule has 0 aromatic heterocycles. The first-order valence-electron chi connectivity index (χ1n) is 4.48. The Morgan fingerprint density at radius 2 is 2.21 bits per heavy atom. The van der Waals surface area contributed by atoms with Crippen molar-refractivity contribution >= 4 is 6.03 Å². The first kappa shape index (κ1) is 8.87. The Bertz CT molecular complexity index is 352. The molecular formula is C10H12N2O2. The van der Waals surface area contributed by atoms with Gasteiger partial charge in [-0.25, -0.2) is 4.79 Å². The van der Waals surface area contributed by atoms with Crippen molar-refractivity contribution in [2.24, 2.45) is 0 Å². The average Bonchev–Trinajstić information content (AvgIpc) is 2.65. The van der Waals surface area contributed by atoms with Gasteiger partial charge in [-0.05, 0) is 6.07 Å². The largest absolute Gasteiger partial charge is 0.496 e. The Labute approximate surface area is 82.3 Å². The molecular weight excluding hydrogens is 180 g/mol. The van der Waals surface area contributed by atoms with Crippen molar-refractivity contribution < 1.29 is 9.53 Å². The third-order valence-electron chi connectivity index (χ3n) is 2.29. The fraction of sp³-hybridized carbons (Fsp3) is 0.300. The maximum atomic E-state index is 11.0. The average molecular weight is 192 g/mol. The van der Waals surface area contributed by atoms with Crippen molar-refractivity contribution in [3.63, 3.8) is 0 Å². The summed E-state index contributed by atoms with van der Waals surface area (Å²) in [4.78, 5) is 11.0. The highest BCUT2D eigenvalue weighted by atomic mass is 16.5. The molecule has 1 saturated heterocycles. The Hall–Kier alpha value is -1.71. The second-order valence-electron chi connectivity index (χ2n) is 3.15. The zero-order valence-electron chi connectivity index (χ0n) is 7.91. The summed E-state index contributed by atoms with van der Waals surface area (Å²) in [5.74, 6) is 0.807. The van der Waals surface area contributed by atoms with Crippen LogP contribution in [0.2, 0.25) is 0 Å². The van der Waals surface area contributed by atoms with Gasteiger partial charge in [0, 0.05) is 12.1 Å². The standard InChI is InChI=1S/C10H12N2O2/c1-14-9-5-3-2-4-7(9)8-6-11-10(13)12-8/h2-5,8H,6H2,1H3,(H2,11,12,13)/t8-/m0/s1. The van der Waals surface area contributed by atoms with Crippen LogP contribution in [0.3, 0.4) is 0 Å². The smallest absolute Gasteiger partial charge is 0.315 e. The molecule has 0 unspecified atom stereocenters. The number of methoxy groups -OCH3 is 1. The summed E-state index contributed by atoms with van der Waals surface area (Å²) in [5.41, 5.74) is 1.01. The quantitative estimate of drug-likeness (QED) is 0.735. The molecule has 2 rings (SSSR count). The summed E-state index contributed by atoms with van der Waals surface area (Å²) in [6.45, 7) is 0.610. The fourth-order valence-corrected chi connectivity index (χ4v) is 1.60. The molecule has 14 heavy (non-hydrogen) atoms. The first-order chi connectivity index (χ1) is 6.81. The highest BCUT2D eigenvalue weighted by Crippen LogP contribution is 2.25. The van der Waals surface area contributed by atoms with Gasteiger partial charge < -0.3 is 15.4 Å². The Kier molecular flexibility index (Phi) is 2.26. The van der Waals surface area contributed by atoms with Crippen molar-refractivity contribution in [1.29, 1.82) is 0 Å². The van der Waals surface area contributed by atoms with E-state index < -0.39 is 0 Å². The van der Waals surface area contributed by atoms with Gasteiger partial charge in [-0.15, -0.1) is 0 Å². The molecule has 0 radical (unpaired) electrons. The Balaban J connectivity index is 2.27. The second kappa shape index (κ2) is 3.57. The van der Waals surface area contributed by atoms with Crippen LogP contribution in [0.15, 0.2) is 24.3 Å². The monoisotopic (exact) mass is 192 g/mol. The minimum absolute atomic E-state index is 0.0126. The SMILES string of the molecule is COc1ccccc1[C@@H]1CNC(=O)N1. The molecule has 4 heteroatoms. The van der Waals surface area contributed by atoms with E-state index in [1.54, 1.807) is 7.11 Å². The number of hydrogen-bond donors (Lipinski definition) is 2. The van der Waals surface area contributed by atoms with Gasteiger partial charge in [-0.1, -0.05) is 18.2 Å². The van der Waals surface area contributed by atoms with Gasteiger partial charge in [0.25, 0.3) is 0 Å². The molecule has 2 amide bonds. The number of nitrogens with one attached hydrogen (secondary N) is 2. The zero-order chi connectivity index (χ0) is 9.97. The lowest BCUT2D eigenvalue weighted by molar-refractivity contribution is 0.247. The van der Waals surface area contributed by atoms with Gasteiger partial charge in [0.05, 0.1) is 13.2 Å². The summed E-state index contributed by atoms with van der Waals surface area (Å²) in [6, 6.07) is 7.57. The summed E-state index contributed by atoms with van der Waals surface area (Å²) >= 11 is 0. The third-order valence-corrected chi connectivity index (χ3v) is 2.29. The van der Waals surface area contributed by atoms with Gasteiger partial charge in [-0.3, -0.25) is 0 Å². The summed E-state index contributed by atoms with van der Waals surface area (Å²) in [7, 11) is 1.63.